The molecule has 1 N–H and O–H groups in total. The summed E-state index contributed by atoms with van der Waals surface area (Å²) in [5.74, 6) is 0.938. The summed E-state index contributed by atoms with van der Waals surface area (Å²) in [6, 6.07) is 0. The highest BCUT2D eigenvalue weighted by Crippen LogP contribution is 2.37. The number of hydrogen-bond acceptors (Lipinski definition) is 2. The first-order valence-electron chi connectivity index (χ1n) is 4.72. The zero-order chi connectivity index (χ0) is 9.31. The number of nitrogens with one attached hydrogen (secondary N) is 1. The molecule has 0 unspecified atom stereocenters. The fraction of sp³-hybridized carbons (Fsp3) is 0.600. The van der Waals surface area contributed by atoms with Crippen LogP contribution in [-0.4, -0.2) is 15.2 Å². The van der Waals surface area contributed by atoms with Crippen molar-refractivity contribution < 1.29 is 0 Å². The van der Waals surface area contributed by atoms with E-state index < -0.39 is 0 Å². The Morgan fingerprint density at radius 3 is 2.92 bits per heavy atom. The molecule has 3 nitrogen and oxygen atoms in total. The molecule has 1 aromatic heterocycles. The molecular formula is C10H15N3. The van der Waals surface area contributed by atoms with E-state index in [0.717, 1.165) is 18.7 Å². The maximum absolute atomic E-state index is 4.17. The van der Waals surface area contributed by atoms with Crippen LogP contribution >= 0.6 is 0 Å². The molecule has 0 saturated heterocycles. The quantitative estimate of drug-likeness (QED) is 0.715. The van der Waals surface area contributed by atoms with Gasteiger partial charge in [0.05, 0.1) is 0 Å². The smallest absolute Gasteiger partial charge is 0.151 e. The molecule has 1 heterocycles. The first kappa shape index (κ1) is 8.48. The summed E-state index contributed by atoms with van der Waals surface area (Å²) in [6.45, 7) is 4.60. The van der Waals surface area contributed by atoms with Gasteiger partial charge in [-0.3, -0.25) is 5.10 Å². The molecule has 0 aromatic carbocycles. The minimum Gasteiger partial charge on any atom is -0.260 e. The third-order valence-corrected chi connectivity index (χ3v) is 2.60. The van der Waals surface area contributed by atoms with Crippen LogP contribution in [0, 0.1) is 5.41 Å². The number of allylic oxidation sites excluding steroid dienone is 2. The van der Waals surface area contributed by atoms with Crippen LogP contribution in [0.5, 0.6) is 0 Å². The van der Waals surface area contributed by atoms with Gasteiger partial charge in [-0.2, -0.15) is 5.10 Å². The van der Waals surface area contributed by atoms with Crippen LogP contribution in [0.1, 0.15) is 38.9 Å². The van der Waals surface area contributed by atoms with E-state index in [-0.39, 0.29) is 0 Å². The van der Waals surface area contributed by atoms with Gasteiger partial charge in [0.1, 0.15) is 6.33 Å². The number of nitrogens with zero attached hydrogens (tertiary/aromatic N) is 2. The minimum atomic E-state index is 0.414. The van der Waals surface area contributed by atoms with E-state index in [1.165, 1.54) is 12.0 Å². The number of rotatable bonds is 1. The Morgan fingerprint density at radius 1 is 1.46 bits per heavy atom. The summed E-state index contributed by atoms with van der Waals surface area (Å²) in [7, 11) is 0. The van der Waals surface area contributed by atoms with E-state index in [0.29, 0.717) is 5.41 Å². The Labute approximate surface area is 78.3 Å². The van der Waals surface area contributed by atoms with Crippen molar-refractivity contribution in [2.24, 2.45) is 5.41 Å². The molecule has 0 aliphatic heterocycles. The van der Waals surface area contributed by atoms with Gasteiger partial charge in [-0.25, -0.2) is 4.98 Å². The van der Waals surface area contributed by atoms with E-state index in [1.54, 1.807) is 6.33 Å². The number of aromatic nitrogens is 3. The fourth-order valence-electron chi connectivity index (χ4n) is 1.85. The minimum absolute atomic E-state index is 0.414. The average molecular weight is 177 g/mol. The zero-order valence-corrected chi connectivity index (χ0v) is 8.17. The third-order valence-electron chi connectivity index (χ3n) is 2.60. The van der Waals surface area contributed by atoms with Crippen LogP contribution in [0.4, 0.5) is 0 Å². The van der Waals surface area contributed by atoms with Crippen molar-refractivity contribution in [3.63, 3.8) is 0 Å². The maximum Gasteiger partial charge on any atom is 0.151 e. The standard InChI is InChI=1S/C10H15N3/c1-10(2)5-3-4-8(6-10)9-11-7-12-13-9/h4,7H,3,5-6H2,1-2H3,(H,11,12,13). The number of H-pyrrole nitrogens is 1. The van der Waals surface area contributed by atoms with Crippen LogP contribution in [-0.2, 0) is 0 Å². The highest BCUT2D eigenvalue weighted by Gasteiger charge is 2.24. The Balaban J connectivity index is 2.22. The Morgan fingerprint density at radius 2 is 2.31 bits per heavy atom. The third kappa shape index (κ3) is 1.79. The van der Waals surface area contributed by atoms with Crippen molar-refractivity contribution in [2.75, 3.05) is 0 Å². The molecule has 70 valence electrons. The predicted octanol–water partition coefficient (Wildman–Crippen LogP) is 2.40. The lowest BCUT2D eigenvalue weighted by atomic mass is 9.77. The second kappa shape index (κ2) is 2.98. The second-order valence-corrected chi connectivity index (χ2v) is 4.44. The highest BCUT2D eigenvalue weighted by atomic mass is 15.2. The summed E-state index contributed by atoms with van der Waals surface area (Å²) in [5, 5.41) is 6.78. The van der Waals surface area contributed by atoms with Gasteiger partial charge in [-0.05, 0) is 30.3 Å². The molecular weight excluding hydrogens is 162 g/mol. The van der Waals surface area contributed by atoms with E-state index >= 15 is 0 Å². The van der Waals surface area contributed by atoms with Gasteiger partial charge in [-0.1, -0.05) is 19.9 Å². The molecule has 0 radical (unpaired) electrons. The van der Waals surface area contributed by atoms with Crippen molar-refractivity contribution in [1.29, 1.82) is 0 Å². The van der Waals surface area contributed by atoms with Gasteiger partial charge in [0.2, 0.25) is 0 Å². The van der Waals surface area contributed by atoms with E-state index in [9.17, 15) is 0 Å². The van der Waals surface area contributed by atoms with E-state index in [2.05, 4.69) is 35.1 Å². The Bertz CT molecular complexity index is 309. The van der Waals surface area contributed by atoms with E-state index in [1.807, 2.05) is 0 Å². The zero-order valence-electron chi connectivity index (χ0n) is 8.17. The van der Waals surface area contributed by atoms with Crippen LogP contribution in [0.15, 0.2) is 12.4 Å². The van der Waals surface area contributed by atoms with Crippen LogP contribution in [0.2, 0.25) is 0 Å². The normalized spacial score (nSPS) is 21.2. The molecule has 1 aliphatic carbocycles. The first-order chi connectivity index (χ1) is 6.17. The summed E-state index contributed by atoms with van der Waals surface area (Å²) in [6.07, 6.45) is 7.36. The van der Waals surface area contributed by atoms with Crippen LogP contribution in [0.25, 0.3) is 5.57 Å². The van der Waals surface area contributed by atoms with Gasteiger partial charge >= 0.3 is 0 Å². The molecule has 0 atom stereocenters. The second-order valence-electron chi connectivity index (χ2n) is 4.44. The fourth-order valence-corrected chi connectivity index (χ4v) is 1.85. The average Bonchev–Trinajstić information content (AvgIpc) is 2.53. The van der Waals surface area contributed by atoms with Gasteiger partial charge in [0, 0.05) is 0 Å². The molecule has 0 bridgehead atoms. The Hall–Kier alpha value is -1.12. The van der Waals surface area contributed by atoms with Gasteiger partial charge in [0.25, 0.3) is 0 Å². The lowest BCUT2D eigenvalue weighted by Crippen LogP contribution is -2.15. The van der Waals surface area contributed by atoms with Crippen molar-refractivity contribution in [2.45, 2.75) is 33.1 Å². The van der Waals surface area contributed by atoms with Gasteiger partial charge in [-0.15, -0.1) is 0 Å². The predicted molar refractivity (Wildman–Crippen MR) is 52.0 cm³/mol. The van der Waals surface area contributed by atoms with Crippen LogP contribution in [0.3, 0.4) is 0 Å². The van der Waals surface area contributed by atoms with Crippen molar-refractivity contribution in [3.8, 4) is 0 Å². The largest absolute Gasteiger partial charge is 0.260 e. The molecule has 0 amide bonds. The van der Waals surface area contributed by atoms with Gasteiger partial charge < -0.3 is 0 Å². The molecule has 1 aliphatic rings. The first-order valence-corrected chi connectivity index (χ1v) is 4.72. The molecule has 1 aromatic rings. The molecule has 0 saturated carbocycles. The summed E-state index contributed by atoms with van der Waals surface area (Å²) in [5.41, 5.74) is 1.73. The molecule has 0 fully saturated rings. The molecule has 0 spiro atoms. The summed E-state index contributed by atoms with van der Waals surface area (Å²) < 4.78 is 0. The Kier molecular flexibility index (Phi) is 1.94. The topological polar surface area (TPSA) is 41.6 Å². The molecule has 2 rings (SSSR count). The van der Waals surface area contributed by atoms with Crippen molar-refractivity contribution >= 4 is 5.57 Å². The highest BCUT2D eigenvalue weighted by molar-refractivity contribution is 5.60. The van der Waals surface area contributed by atoms with Crippen molar-refractivity contribution in [3.05, 3.63) is 18.2 Å². The van der Waals surface area contributed by atoms with Gasteiger partial charge in [0.15, 0.2) is 5.82 Å². The van der Waals surface area contributed by atoms with E-state index in [4.69, 9.17) is 0 Å². The lowest BCUT2D eigenvalue weighted by molar-refractivity contribution is 0.337. The summed E-state index contributed by atoms with van der Waals surface area (Å²) >= 11 is 0. The molecule has 3 heteroatoms. The SMILES string of the molecule is CC1(C)CCC=C(c2ncn[nH]2)C1. The maximum atomic E-state index is 4.17. The van der Waals surface area contributed by atoms with Crippen molar-refractivity contribution in [1.82, 2.24) is 15.2 Å². The number of hydrogen-bond donors (Lipinski definition) is 1. The summed E-state index contributed by atoms with van der Waals surface area (Å²) in [4.78, 5) is 4.17. The monoisotopic (exact) mass is 177 g/mol. The molecule has 13 heavy (non-hydrogen) atoms. The van der Waals surface area contributed by atoms with Crippen LogP contribution < -0.4 is 0 Å². The number of aromatic amines is 1. The lowest BCUT2D eigenvalue weighted by Gasteiger charge is -2.28.